The highest BCUT2D eigenvalue weighted by atomic mass is 32.1. The van der Waals surface area contributed by atoms with Crippen LogP contribution in [0.3, 0.4) is 0 Å². The second-order valence-corrected chi connectivity index (χ2v) is 7.17. The first-order chi connectivity index (χ1) is 13.3. The molecule has 3 rings (SSSR count). The number of aryl methyl sites for hydroxylation is 1. The maximum atomic E-state index is 13.1. The number of halogens is 1. The van der Waals surface area contributed by atoms with Crippen molar-refractivity contribution in [1.82, 2.24) is 10.3 Å². The first-order valence-corrected chi connectivity index (χ1v) is 9.20. The second-order valence-electron chi connectivity index (χ2n) is 6.18. The van der Waals surface area contributed by atoms with Crippen LogP contribution in [-0.2, 0) is 11.2 Å². The van der Waals surface area contributed by atoms with Gasteiger partial charge in [0.1, 0.15) is 27.5 Å². The number of thiazole rings is 1. The Bertz CT molecular complexity index is 1000. The normalized spacial score (nSPS) is 11.8. The van der Waals surface area contributed by atoms with E-state index in [1.54, 1.807) is 31.2 Å². The molecule has 0 fully saturated rings. The van der Waals surface area contributed by atoms with Gasteiger partial charge >= 0.3 is 5.97 Å². The summed E-state index contributed by atoms with van der Waals surface area (Å²) in [5, 5.41) is 21.8. The Labute approximate surface area is 164 Å². The van der Waals surface area contributed by atoms with Gasteiger partial charge in [-0.15, -0.1) is 11.3 Å². The number of aromatic hydroxyl groups is 1. The molecular weight excluding hydrogens is 383 g/mol. The highest BCUT2D eigenvalue weighted by molar-refractivity contribution is 7.17. The number of nitrogens with zero attached hydrogens (tertiary/aromatic N) is 1. The van der Waals surface area contributed by atoms with Crippen LogP contribution in [0.1, 0.15) is 20.9 Å². The minimum Gasteiger partial charge on any atom is -0.508 e. The molecule has 1 amide bonds. The molecule has 1 aromatic heterocycles. The summed E-state index contributed by atoms with van der Waals surface area (Å²) in [6.07, 6.45) is 0.0734. The van der Waals surface area contributed by atoms with E-state index in [2.05, 4.69) is 10.3 Å². The van der Waals surface area contributed by atoms with E-state index in [0.29, 0.717) is 26.7 Å². The number of aliphatic carboxylic acids is 1. The largest absolute Gasteiger partial charge is 0.508 e. The zero-order valence-corrected chi connectivity index (χ0v) is 15.7. The number of amides is 1. The molecule has 0 aliphatic rings. The third kappa shape index (κ3) is 4.52. The predicted octanol–water partition coefficient (Wildman–Crippen LogP) is 3.39. The summed E-state index contributed by atoms with van der Waals surface area (Å²) in [5.74, 6) is -1.99. The van der Waals surface area contributed by atoms with E-state index in [1.807, 2.05) is 0 Å². The van der Waals surface area contributed by atoms with Crippen molar-refractivity contribution in [2.24, 2.45) is 0 Å². The Morgan fingerprint density at radius 1 is 1.14 bits per heavy atom. The second kappa shape index (κ2) is 8.18. The molecule has 2 aromatic carbocycles. The standard InChI is InChI=1S/C20H17FN2O4S/c1-11-17(28-19(22-11)13-4-6-14(21)7-5-13)18(25)23-16(20(26)27)10-12-2-8-15(24)9-3-12/h2-9,16,24H,10H2,1H3,(H,23,25)(H,26,27). The highest BCUT2D eigenvalue weighted by Gasteiger charge is 2.24. The van der Waals surface area contributed by atoms with E-state index < -0.39 is 17.9 Å². The summed E-state index contributed by atoms with van der Waals surface area (Å²) in [6, 6.07) is 10.7. The number of hydrogen-bond donors (Lipinski definition) is 3. The molecule has 0 bridgehead atoms. The summed E-state index contributed by atoms with van der Waals surface area (Å²) in [5.41, 5.74) is 1.81. The lowest BCUT2D eigenvalue weighted by Crippen LogP contribution is -2.42. The summed E-state index contributed by atoms with van der Waals surface area (Å²) in [6.45, 7) is 1.66. The smallest absolute Gasteiger partial charge is 0.326 e. The minimum absolute atomic E-state index is 0.0734. The average Bonchev–Trinajstić information content (AvgIpc) is 3.05. The van der Waals surface area contributed by atoms with Crippen molar-refractivity contribution in [3.05, 3.63) is 70.5 Å². The molecule has 0 aliphatic heterocycles. The molecule has 144 valence electrons. The summed E-state index contributed by atoms with van der Waals surface area (Å²) < 4.78 is 13.1. The Morgan fingerprint density at radius 3 is 2.39 bits per heavy atom. The molecule has 8 heteroatoms. The lowest BCUT2D eigenvalue weighted by atomic mass is 10.1. The first kappa shape index (κ1) is 19.5. The molecule has 1 heterocycles. The van der Waals surface area contributed by atoms with Gasteiger partial charge in [0.2, 0.25) is 0 Å². The Kier molecular flexibility index (Phi) is 5.70. The molecular formula is C20H17FN2O4S. The van der Waals surface area contributed by atoms with Gasteiger partial charge in [0.15, 0.2) is 0 Å². The van der Waals surface area contributed by atoms with Gasteiger partial charge in [0.05, 0.1) is 5.69 Å². The molecule has 0 radical (unpaired) electrons. The van der Waals surface area contributed by atoms with Crippen molar-refractivity contribution in [1.29, 1.82) is 0 Å². The van der Waals surface area contributed by atoms with Gasteiger partial charge in [-0.3, -0.25) is 4.79 Å². The van der Waals surface area contributed by atoms with Gasteiger partial charge in [0.25, 0.3) is 5.91 Å². The third-order valence-electron chi connectivity index (χ3n) is 4.07. The number of aromatic nitrogens is 1. The zero-order valence-electron chi connectivity index (χ0n) is 14.8. The van der Waals surface area contributed by atoms with Crippen LogP contribution < -0.4 is 5.32 Å². The topological polar surface area (TPSA) is 99.5 Å². The minimum atomic E-state index is -1.16. The Hall–Kier alpha value is -3.26. The fourth-order valence-corrected chi connectivity index (χ4v) is 3.59. The van der Waals surface area contributed by atoms with Gasteiger partial charge in [-0.1, -0.05) is 12.1 Å². The van der Waals surface area contributed by atoms with Crippen LogP contribution in [-0.4, -0.2) is 33.1 Å². The number of carboxylic acid groups (broad SMARTS) is 1. The number of carbonyl (C=O) groups excluding carboxylic acids is 1. The van der Waals surface area contributed by atoms with Gasteiger partial charge in [-0.25, -0.2) is 14.2 Å². The first-order valence-electron chi connectivity index (χ1n) is 8.38. The van der Waals surface area contributed by atoms with Crippen molar-refractivity contribution in [3.8, 4) is 16.3 Å². The van der Waals surface area contributed by atoms with E-state index in [0.717, 1.165) is 11.3 Å². The SMILES string of the molecule is Cc1nc(-c2ccc(F)cc2)sc1C(=O)NC(Cc1ccc(O)cc1)C(=O)O. The van der Waals surface area contributed by atoms with Crippen molar-refractivity contribution >= 4 is 23.2 Å². The summed E-state index contributed by atoms with van der Waals surface area (Å²) >= 11 is 1.12. The van der Waals surface area contributed by atoms with Crippen molar-refractivity contribution in [2.75, 3.05) is 0 Å². The maximum absolute atomic E-state index is 13.1. The van der Waals surface area contributed by atoms with Crippen LogP contribution in [0.25, 0.3) is 10.6 Å². The number of rotatable bonds is 6. The van der Waals surface area contributed by atoms with Gasteiger partial charge in [-0.05, 0) is 48.9 Å². The molecule has 3 N–H and O–H groups in total. The van der Waals surface area contributed by atoms with Crippen molar-refractivity contribution in [3.63, 3.8) is 0 Å². The fraction of sp³-hybridized carbons (Fsp3) is 0.150. The van der Waals surface area contributed by atoms with Crippen molar-refractivity contribution < 1.29 is 24.2 Å². The molecule has 1 atom stereocenters. The van der Waals surface area contributed by atoms with Crippen LogP contribution in [0.2, 0.25) is 0 Å². The monoisotopic (exact) mass is 400 g/mol. The van der Waals surface area contributed by atoms with Gasteiger partial charge < -0.3 is 15.5 Å². The molecule has 0 saturated heterocycles. The number of benzene rings is 2. The highest BCUT2D eigenvalue weighted by Crippen LogP contribution is 2.28. The molecule has 0 saturated carbocycles. The van der Waals surface area contributed by atoms with Gasteiger partial charge in [0, 0.05) is 12.0 Å². The summed E-state index contributed by atoms with van der Waals surface area (Å²) in [4.78, 5) is 28.8. The van der Waals surface area contributed by atoms with E-state index in [1.165, 1.54) is 24.3 Å². The van der Waals surface area contributed by atoms with E-state index in [9.17, 15) is 24.2 Å². The number of phenols is 1. The Morgan fingerprint density at radius 2 is 1.79 bits per heavy atom. The molecule has 6 nitrogen and oxygen atoms in total. The maximum Gasteiger partial charge on any atom is 0.326 e. The van der Waals surface area contributed by atoms with Crippen LogP contribution >= 0.6 is 11.3 Å². The molecule has 3 aromatic rings. The van der Waals surface area contributed by atoms with E-state index in [-0.39, 0.29) is 18.0 Å². The third-order valence-corrected chi connectivity index (χ3v) is 5.28. The molecule has 1 unspecified atom stereocenters. The van der Waals surface area contributed by atoms with Crippen LogP contribution in [0, 0.1) is 12.7 Å². The zero-order chi connectivity index (χ0) is 20.3. The number of hydrogen-bond acceptors (Lipinski definition) is 5. The van der Waals surface area contributed by atoms with E-state index >= 15 is 0 Å². The lowest BCUT2D eigenvalue weighted by Gasteiger charge is -2.14. The molecule has 0 spiro atoms. The number of nitrogens with one attached hydrogen (secondary N) is 1. The average molecular weight is 400 g/mol. The Balaban J connectivity index is 1.77. The van der Waals surface area contributed by atoms with Crippen LogP contribution in [0.5, 0.6) is 5.75 Å². The number of carbonyl (C=O) groups is 2. The van der Waals surface area contributed by atoms with Gasteiger partial charge in [-0.2, -0.15) is 0 Å². The van der Waals surface area contributed by atoms with E-state index in [4.69, 9.17) is 0 Å². The lowest BCUT2D eigenvalue weighted by molar-refractivity contribution is -0.139. The molecule has 0 aliphatic carbocycles. The molecule has 28 heavy (non-hydrogen) atoms. The van der Waals surface area contributed by atoms with Crippen molar-refractivity contribution in [2.45, 2.75) is 19.4 Å². The predicted molar refractivity (Wildman–Crippen MR) is 103 cm³/mol. The van der Waals surface area contributed by atoms with Crippen LogP contribution in [0.15, 0.2) is 48.5 Å². The number of phenolic OH excluding ortho intramolecular Hbond substituents is 1. The quantitative estimate of drug-likeness (QED) is 0.589. The summed E-state index contributed by atoms with van der Waals surface area (Å²) in [7, 11) is 0. The van der Waals surface area contributed by atoms with Crippen LogP contribution in [0.4, 0.5) is 4.39 Å². The number of carboxylic acids is 1. The fourth-order valence-electron chi connectivity index (χ4n) is 2.61.